The lowest BCUT2D eigenvalue weighted by molar-refractivity contribution is 0.131. The van der Waals surface area contributed by atoms with Crippen LogP contribution in [0.4, 0.5) is 0 Å². The fourth-order valence-electron chi connectivity index (χ4n) is 1.51. The second kappa shape index (κ2) is 6.62. The van der Waals surface area contributed by atoms with Gasteiger partial charge in [0.1, 0.15) is 5.75 Å². The number of phenols is 1. The van der Waals surface area contributed by atoms with Crippen LogP contribution in [0.3, 0.4) is 0 Å². The minimum Gasteiger partial charge on any atom is -0.508 e. The van der Waals surface area contributed by atoms with Gasteiger partial charge in [0, 0.05) is 16.6 Å². The monoisotopic (exact) mass is 293 g/mol. The van der Waals surface area contributed by atoms with E-state index in [1.165, 1.54) is 6.07 Å². The molecule has 5 heteroatoms. The number of rotatable bonds is 3. The molecule has 0 aromatic heterocycles. The topological polar surface area (TPSA) is 66.5 Å². The molecule has 0 saturated carbocycles. The van der Waals surface area contributed by atoms with Gasteiger partial charge in [-0.05, 0) is 30.0 Å². The highest BCUT2D eigenvalue weighted by Gasteiger charge is 2.25. The highest BCUT2D eigenvalue weighted by molar-refractivity contribution is 6.30. The lowest BCUT2D eigenvalue weighted by atomic mass is 9.83. The highest BCUT2D eigenvalue weighted by atomic mass is 35.5. The zero-order chi connectivity index (χ0) is 13.2. The van der Waals surface area contributed by atoms with Crippen LogP contribution in [-0.4, -0.2) is 16.3 Å². The average Bonchev–Trinajstić information content (AvgIpc) is 2.20. The fraction of sp³-hybridized carbons (Fsp3) is 0.538. The molecule has 0 fully saturated rings. The third-order valence-corrected chi connectivity index (χ3v) is 3.17. The van der Waals surface area contributed by atoms with Gasteiger partial charge in [-0.25, -0.2) is 0 Å². The van der Waals surface area contributed by atoms with E-state index in [9.17, 15) is 10.2 Å². The van der Waals surface area contributed by atoms with Gasteiger partial charge in [-0.3, -0.25) is 0 Å². The summed E-state index contributed by atoms with van der Waals surface area (Å²) in [6, 6.07) is 4.47. The zero-order valence-corrected chi connectivity index (χ0v) is 12.4. The molecule has 0 aliphatic carbocycles. The maximum atomic E-state index is 10.1. The fourth-order valence-corrected chi connectivity index (χ4v) is 1.69. The van der Waals surface area contributed by atoms with Crippen LogP contribution in [-0.2, 0) is 0 Å². The second-order valence-corrected chi connectivity index (χ2v) is 5.86. The summed E-state index contributed by atoms with van der Waals surface area (Å²) < 4.78 is 0. The van der Waals surface area contributed by atoms with Gasteiger partial charge in [-0.15, -0.1) is 12.4 Å². The number of benzene rings is 1. The molecule has 0 aliphatic heterocycles. The van der Waals surface area contributed by atoms with Crippen LogP contribution in [0.2, 0.25) is 5.02 Å². The van der Waals surface area contributed by atoms with Gasteiger partial charge in [0.25, 0.3) is 0 Å². The van der Waals surface area contributed by atoms with E-state index in [2.05, 4.69) is 0 Å². The molecule has 4 N–H and O–H groups in total. The predicted molar refractivity (Wildman–Crippen MR) is 77.4 cm³/mol. The minimum absolute atomic E-state index is 0. The van der Waals surface area contributed by atoms with Gasteiger partial charge in [0.15, 0.2) is 0 Å². The molecule has 0 radical (unpaired) electrons. The van der Waals surface area contributed by atoms with Crippen LogP contribution in [0.25, 0.3) is 0 Å². The maximum absolute atomic E-state index is 10.1. The molecule has 0 aliphatic rings. The lowest BCUT2D eigenvalue weighted by Gasteiger charge is -2.29. The van der Waals surface area contributed by atoms with Gasteiger partial charge >= 0.3 is 0 Å². The number of phenolic OH excluding ortho intramolecular Hbond substituents is 1. The number of nitrogens with two attached hydrogens (primary N) is 1. The number of hydrogen-bond donors (Lipinski definition) is 3. The summed E-state index contributed by atoms with van der Waals surface area (Å²) in [5.41, 5.74) is 6.34. The number of halogens is 2. The molecule has 0 saturated heterocycles. The summed E-state index contributed by atoms with van der Waals surface area (Å²) in [7, 11) is 0. The van der Waals surface area contributed by atoms with Crippen molar-refractivity contribution in [2.24, 2.45) is 11.1 Å². The number of aliphatic hydroxyl groups excluding tert-OH is 1. The summed E-state index contributed by atoms with van der Waals surface area (Å²) in [4.78, 5) is 0. The standard InChI is InChI=1S/C13H20ClNO2.ClH/c1-13(2,3)12(15)7-11(17)9-6-8(14)4-5-10(9)16;/h4-6,11-12,16-17H,7,15H2,1-3H3;1H/t11-,12-;/m1./s1. The molecule has 104 valence electrons. The molecule has 1 aromatic carbocycles. The van der Waals surface area contributed by atoms with Gasteiger partial charge in [0.2, 0.25) is 0 Å². The van der Waals surface area contributed by atoms with Crippen LogP contribution in [0, 0.1) is 5.41 Å². The summed E-state index contributed by atoms with van der Waals surface area (Å²) in [6.45, 7) is 6.05. The van der Waals surface area contributed by atoms with E-state index in [4.69, 9.17) is 17.3 Å². The Morgan fingerprint density at radius 2 is 1.89 bits per heavy atom. The Morgan fingerprint density at radius 1 is 1.33 bits per heavy atom. The van der Waals surface area contributed by atoms with Crippen molar-refractivity contribution in [2.45, 2.75) is 39.3 Å². The van der Waals surface area contributed by atoms with E-state index in [1.54, 1.807) is 12.1 Å². The van der Waals surface area contributed by atoms with E-state index >= 15 is 0 Å². The molecule has 0 spiro atoms. The first-order valence-corrected chi connectivity index (χ1v) is 6.01. The normalized spacial score (nSPS) is 14.8. The van der Waals surface area contributed by atoms with E-state index in [0.717, 1.165) is 0 Å². The SMILES string of the molecule is CC(C)(C)[C@H](N)C[C@@H](O)c1cc(Cl)ccc1O.Cl. The number of hydrogen-bond acceptors (Lipinski definition) is 3. The molecule has 2 atom stereocenters. The lowest BCUT2D eigenvalue weighted by Crippen LogP contribution is -2.36. The first-order chi connectivity index (χ1) is 7.71. The largest absolute Gasteiger partial charge is 0.508 e. The van der Waals surface area contributed by atoms with Crippen molar-refractivity contribution in [3.05, 3.63) is 28.8 Å². The summed E-state index contributed by atoms with van der Waals surface area (Å²) in [6.07, 6.45) is -0.417. The average molecular weight is 294 g/mol. The first-order valence-electron chi connectivity index (χ1n) is 5.64. The van der Waals surface area contributed by atoms with Crippen LogP contribution in [0.15, 0.2) is 18.2 Å². The van der Waals surface area contributed by atoms with Crippen molar-refractivity contribution in [1.29, 1.82) is 0 Å². The zero-order valence-electron chi connectivity index (χ0n) is 10.9. The Hall–Kier alpha value is -0.480. The van der Waals surface area contributed by atoms with Crippen molar-refractivity contribution in [1.82, 2.24) is 0 Å². The Bertz CT molecular complexity index is 391. The maximum Gasteiger partial charge on any atom is 0.121 e. The quantitative estimate of drug-likeness (QED) is 0.801. The van der Waals surface area contributed by atoms with E-state index in [-0.39, 0.29) is 29.6 Å². The molecule has 0 unspecified atom stereocenters. The van der Waals surface area contributed by atoms with Crippen LogP contribution < -0.4 is 5.73 Å². The van der Waals surface area contributed by atoms with E-state index in [0.29, 0.717) is 17.0 Å². The molecule has 3 nitrogen and oxygen atoms in total. The van der Waals surface area contributed by atoms with Gasteiger partial charge < -0.3 is 15.9 Å². The Kier molecular flexibility index (Phi) is 6.44. The molecule has 0 heterocycles. The Balaban J connectivity index is 0.00000289. The van der Waals surface area contributed by atoms with Crippen LogP contribution in [0.1, 0.15) is 38.9 Å². The number of aliphatic hydroxyl groups is 1. The van der Waals surface area contributed by atoms with E-state index in [1.807, 2.05) is 20.8 Å². The molecule has 0 bridgehead atoms. The van der Waals surface area contributed by atoms with Gasteiger partial charge in [0.05, 0.1) is 6.10 Å². The Morgan fingerprint density at radius 3 is 2.39 bits per heavy atom. The van der Waals surface area contributed by atoms with E-state index < -0.39 is 6.10 Å². The van der Waals surface area contributed by atoms with Crippen molar-refractivity contribution < 1.29 is 10.2 Å². The molecule has 0 amide bonds. The van der Waals surface area contributed by atoms with Crippen molar-refractivity contribution in [3.8, 4) is 5.75 Å². The molecule has 1 aromatic rings. The first kappa shape index (κ1) is 17.5. The Labute approximate surface area is 119 Å². The van der Waals surface area contributed by atoms with Crippen molar-refractivity contribution in [2.75, 3.05) is 0 Å². The van der Waals surface area contributed by atoms with Gasteiger partial charge in [-0.2, -0.15) is 0 Å². The smallest absolute Gasteiger partial charge is 0.121 e. The molecular weight excluding hydrogens is 273 g/mol. The van der Waals surface area contributed by atoms with Crippen molar-refractivity contribution >= 4 is 24.0 Å². The summed E-state index contributed by atoms with van der Waals surface area (Å²) >= 11 is 5.83. The molecule has 18 heavy (non-hydrogen) atoms. The summed E-state index contributed by atoms with van der Waals surface area (Å²) in [5.74, 6) is 0.0445. The third kappa shape index (κ3) is 4.65. The third-order valence-electron chi connectivity index (χ3n) is 2.94. The summed E-state index contributed by atoms with van der Waals surface area (Å²) in [5, 5.41) is 20.2. The van der Waals surface area contributed by atoms with Crippen LogP contribution in [0.5, 0.6) is 5.75 Å². The highest BCUT2D eigenvalue weighted by Crippen LogP contribution is 2.32. The van der Waals surface area contributed by atoms with Crippen LogP contribution >= 0.6 is 24.0 Å². The molecule has 1 rings (SSSR count). The molecular formula is C13H21Cl2NO2. The van der Waals surface area contributed by atoms with Gasteiger partial charge in [-0.1, -0.05) is 32.4 Å². The predicted octanol–water partition coefficient (Wildman–Crippen LogP) is 3.26. The number of aromatic hydroxyl groups is 1. The minimum atomic E-state index is -0.803. The van der Waals surface area contributed by atoms with Crippen molar-refractivity contribution in [3.63, 3.8) is 0 Å². The second-order valence-electron chi connectivity index (χ2n) is 5.43.